The molecule has 0 saturated heterocycles. The van der Waals surface area contributed by atoms with Gasteiger partial charge >= 0.3 is 0 Å². The fraction of sp³-hybridized carbons (Fsp3) is 0.100. The van der Waals surface area contributed by atoms with Crippen LogP contribution in [0.4, 0.5) is 0 Å². The smallest absolute Gasteiger partial charge is 0.245 e. The first-order valence-electron chi connectivity index (χ1n) is 11.0. The number of nitrogens with one attached hydrogen (secondary N) is 1. The lowest BCUT2D eigenvalue weighted by molar-refractivity contribution is -0.116. The van der Waals surface area contributed by atoms with Gasteiger partial charge in [-0.15, -0.1) is 0 Å². The number of ether oxygens (including phenoxy) is 1. The number of hydrogen-bond donors (Lipinski definition) is 1. The number of carbonyl (C=O) groups is 1. The fourth-order valence-electron chi connectivity index (χ4n) is 3.82. The second-order valence-corrected chi connectivity index (χ2v) is 7.90. The van der Waals surface area contributed by atoms with E-state index in [0.29, 0.717) is 0 Å². The molecule has 164 valence electrons. The second kappa shape index (κ2) is 10.5. The van der Waals surface area contributed by atoms with Crippen molar-refractivity contribution in [1.29, 1.82) is 0 Å². The Labute approximate surface area is 195 Å². The van der Waals surface area contributed by atoms with Gasteiger partial charge < -0.3 is 10.1 Å². The molecule has 0 aliphatic rings. The molecular formula is C30H27NO2. The molecule has 0 aromatic heterocycles. The Morgan fingerprint density at radius 2 is 1.27 bits per heavy atom. The van der Waals surface area contributed by atoms with Crippen molar-refractivity contribution < 1.29 is 9.53 Å². The van der Waals surface area contributed by atoms with E-state index in [1.807, 2.05) is 79.7 Å². The van der Waals surface area contributed by atoms with Gasteiger partial charge in [-0.05, 0) is 52.4 Å². The van der Waals surface area contributed by atoms with Gasteiger partial charge in [0, 0.05) is 6.08 Å². The van der Waals surface area contributed by atoms with Gasteiger partial charge in [-0.25, -0.2) is 0 Å². The number of benzene rings is 4. The van der Waals surface area contributed by atoms with E-state index >= 15 is 0 Å². The molecule has 0 aliphatic carbocycles. The van der Waals surface area contributed by atoms with Crippen molar-refractivity contribution in [3.63, 3.8) is 0 Å². The van der Waals surface area contributed by atoms with Crippen molar-refractivity contribution >= 4 is 11.5 Å². The van der Waals surface area contributed by atoms with Crippen LogP contribution in [0, 0.1) is 0 Å². The van der Waals surface area contributed by atoms with E-state index in [9.17, 15) is 4.79 Å². The second-order valence-electron chi connectivity index (χ2n) is 7.90. The average Bonchev–Trinajstić information content (AvgIpc) is 2.88. The third-order valence-corrected chi connectivity index (χ3v) is 5.66. The highest BCUT2D eigenvalue weighted by Crippen LogP contribution is 2.25. The van der Waals surface area contributed by atoms with Crippen molar-refractivity contribution in [1.82, 2.24) is 5.32 Å². The first kappa shape index (κ1) is 22.1. The van der Waals surface area contributed by atoms with Gasteiger partial charge in [-0.1, -0.05) is 97.1 Å². The molecule has 0 radical (unpaired) electrons. The minimum absolute atomic E-state index is 0.135. The van der Waals surface area contributed by atoms with E-state index in [-0.39, 0.29) is 11.9 Å². The van der Waals surface area contributed by atoms with Gasteiger partial charge in [0.15, 0.2) is 0 Å². The van der Waals surface area contributed by atoms with Crippen molar-refractivity contribution in [2.24, 2.45) is 0 Å². The Balaban J connectivity index is 1.53. The molecule has 1 N–H and O–H groups in total. The summed E-state index contributed by atoms with van der Waals surface area (Å²) in [6.07, 6.45) is 1.66. The molecule has 4 rings (SSSR count). The number of methoxy groups -OCH3 is 1. The van der Waals surface area contributed by atoms with Gasteiger partial charge in [0.2, 0.25) is 5.91 Å². The normalized spacial score (nSPS) is 12.1. The summed E-state index contributed by atoms with van der Waals surface area (Å²) in [5.41, 5.74) is 6.27. The Morgan fingerprint density at radius 1 is 0.727 bits per heavy atom. The number of allylic oxidation sites excluding steroid dienone is 1. The highest BCUT2D eigenvalue weighted by Gasteiger charge is 2.16. The number of rotatable bonds is 7. The summed E-state index contributed by atoms with van der Waals surface area (Å²) in [5, 5.41) is 3.17. The molecule has 1 atom stereocenters. The van der Waals surface area contributed by atoms with E-state index in [1.54, 1.807) is 13.2 Å². The van der Waals surface area contributed by atoms with Crippen LogP contribution >= 0.6 is 0 Å². The maximum atomic E-state index is 13.0. The lowest BCUT2D eigenvalue weighted by Gasteiger charge is -2.19. The third-order valence-electron chi connectivity index (χ3n) is 5.66. The summed E-state index contributed by atoms with van der Waals surface area (Å²) < 4.78 is 5.28. The monoisotopic (exact) mass is 433 g/mol. The number of carbonyl (C=O) groups excluding carboxylic acids is 1. The highest BCUT2D eigenvalue weighted by molar-refractivity contribution is 5.95. The average molecular weight is 434 g/mol. The summed E-state index contributed by atoms with van der Waals surface area (Å²) in [4.78, 5) is 13.0. The van der Waals surface area contributed by atoms with Crippen molar-refractivity contribution in [2.75, 3.05) is 7.11 Å². The SMILES string of the molecule is COc1ccc([C@@H](NC(=O)/C=C(/C)c2ccc(-c3ccccc3)cc2)c2ccccc2)cc1. The minimum atomic E-state index is -0.255. The van der Waals surface area contributed by atoms with Gasteiger partial charge in [-0.3, -0.25) is 4.79 Å². The Bertz CT molecular complexity index is 1210. The molecule has 0 aliphatic heterocycles. The van der Waals surface area contributed by atoms with E-state index < -0.39 is 0 Å². The van der Waals surface area contributed by atoms with Crippen LogP contribution in [0.15, 0.2) is 115 Å². The van der Waals surface area contributed by atoms with Crippen LogP contribution in [-0.2, 0) is 4.79 Å². The van der Waals surface area contributed by atoms with Gasteiger partial charge in [0.25, 0.3) is 0 Å². The molecule has 4 aromatic carbocycles. The highest BCUT2D eigenvalue weighted by atomic mass is 16.5. The number of amides is 1. The van der Waals surface area contributed by atoms with Crippen LogP contribution in [0.1, 0.15) is 29.7 Å². The predicted octanol–water partition coefficient (Wildman–Crippen LogP) is 6.67. The lowest BCUT2D eigenvalue weighted by atomic mass is 9.98. The Kier molecular flexibility index (Phi) is 7.01. The van der Waals surface area contributed by atoms with E-state index in [2.05, 4.69) is 41.7 Å². The molecule has 0 unspecified atom stereocenters. The molecular weight excluding hydrogens is 406 g/mol. The van der Waals surface area contributed by atoms with Crippen LogP contribution in [0.25, 0.3) is 16.7 Å². The molecule has 4 aromatic rings. The zero-order chi connectivity index (χ0) is 23.0. The quantitative estimate of drug-likeness (QED) is 0.331. The zero-order valence-corrected chi connectivity index (χ0v) is 18.9. The molecule has 1 amide bonds. The zero-order valence-electron chi connectivity index (χ0n) is 18.9. The van der Waals surface area contributed by atoms with Crippen molar-refractivity contribution in [2.45, 2.75) is 13.0 Å². The van der Waals surface area contributed by atoms with E-state index in [1.165, 1.54) is 5.56 Å². The largest absolute Gasteiger partial charge is 0.497 e. The maximum absolute atomic E-state index is 13.0. The van der Waals surface area contributed by atoms with Crippen LogP contribution in [-0.4, -0.2) is 13.0 Å². The maximum Gasteiger partial charge on any atom is 0.245 e. The van der Waals surface area contributed by atoms with Gasteiger partial charge in [-0.2, -0.15) is 0 Å². The summed E-state index contributed by atoms with van der Waals surface area (Å²) >= 11 is 0. The fourth-order valence-corrected chi connectivity index (χ4v) is 3.82. The predicted molar refractivity (Wildman–Crippen MR) is 135 cm³/mol. The van der Waals surface area contributed by atoms with Gasteiger partial charge in [0.1, 0.15) is 5.75 Å². The molecule has 0 saturated carbocycles. The Morgan fingerprint density at radius 3 is 1.88 bits per heavy atom. The van der Waals surface area contributed by atoms with Crippen LogP contribution in [0.2, 0.25) is 0 Å². The van der Waals surface area contributed by atoms with E-state index in [0.717, 1.165) is 33.6 Å². The van der Waals surface area contributed by atoms with Crippen molar-refractivity contribution in [3.8, 4) is 16.9 Å². The van der Waals surface area contributed by atoms with E-state index in [4.69, 9.17) is 4.74 Å². The standard InChI is InChI=1S/C30H27NO2/c1-22(23-13-15-25(16-14-23)24-9-5-3-6-10-24)21-29(32)31-30(26-11-7-4-8-12-26)27-17-19-28(33-2)20-18-27/h3-21,30H,1-2H3,(H,31,32)/b22-21-/t30-/m0/s1. The molecule has 0 heterocycles. The first-order chi connectivity index (χ1) is 16.1. The Hall–Kier alpha value is -4.11. The first-order valence-corrected chi connectivity index (χ1v) is 11.0. The molecule has 33 heavy (non-hydrogen) atoms. The summed E-state index contributed by atoms with van der Waals surface area (Å²) in [7, 11) is 1.64. The third kappa shape index (κ3) is 5.58. The topological polar surface area (TPSA) is 38.3 Å². The molecule has 0 fully saturated rings. The van der Waals surface area contributed by atoms with Crippen molar-refractivity contribution in [3.05, 3.63) is 132 Å². The van der Waals surface area contributed by atoms with Crippen LogP contribution in [0.3, 0.4) is 0 Å². The minimum Gasteiger partial charge on any atom is -0.497 e. The molecule has 3 nitrogen and oxygen atoms in total. The molecule has 0 spiro atoms. The summed E-state index contributed by atoms with van der Waals surface area (Å²) in [6.45, 7) is 1.96. The summed E-state index contributed by atoms with van der Waals surface area (Å²) in [5.74, 6) is 0.649. The summed E-state index contributed by atoms with van der Waals surface area (Å²) in [6, 6.07) is 36.0. The van der Waals surface area contributed by atoms with Gasteiger partial charge in [0.05, 0.1) is 13.2 Å². The lowest BCUT2D eigenvalue weighted by Crippen LogP contribution is -2.28. The van der Waals surface area contributed by atoms with Crippen LogP contribution in [0.5, 0.6) is 5.75 Å². The molecule has 0 bridgehead atoms. The van der Waals surface area contributed by atoms with Crippen LogP contribution < -0.4 is 10.1 Å². The molecule has 3 heteroatoms. The number of hydrogen-bond acceptors (Lipinski definition) is 2.